The summed E-state index contributed by atoms with van der Waals surface area (Å²) in [5, 5.41) is 4.39. The number of benzene rings is 2. The van der Waals surface area contributed by atoms with Gasteiger partial charge in [-0.25, -0.2) is 4.98 Å². The number of halogens is 5. The second-order valence-electron chi connectivity index (χ2n) is 10.0. The normalized spacial score (nSPS) is 12.4. The van der Waals surface area contributed by atoms with E-state index in [2.05, 4.69) is 15.0 Å². The number of para-hydroxylation sites is 1. The number of hydrogen-bond donors (Lipinski definition) is 1. The molecule has 12 heteroatoms. The van der Waals surface area contributed by atoms with Crippen molar-refractivity contribution in [3.63, 3.8) is 0 Å². The van der Waals surface area contributed by atoms with Gasteiger partial charge >= 0.3 is 12.8 Å². The van der Waals surface area contributed by atoms with Crippen molar-refractivity contribution in [3.8, 4) is 11.5 Å². The van der Waals surface area contributed by atoms with E-state index in [4.69, 9.17) is 4.74 Å². The van der Waals surface area contributed by atoms with Crippen LogP contribution in [0.3, 0.4) is 0 Å². The number of amides is 1. The van der Waals surface area contributed by atoms with Crippen LogP contribution in [0.4, 0.5) is 22.0 Å². The molecule has 0 unspecified atom stereocenters. The molecule has 1 N–H and O–H groups in total. The Bertz CT molecular complexity index is 1520. The molecule has 0 saturated carbocycles. The Morgan fingerprint density at radius 3 is 2.58 bits per heavy atom. The van der Waals surface area contributed by atoms with Gasteiger partial charge in [0.15, 0.2) is 16.5 Å². The summed E-state index contributed by atoms with van der Waals surface area (Å²) in [4.78, 5) is 18.2. The lowest BCUT2D eigenvalue weighted by Crippen LogP contribution is -2.25. The van der Waals surface area contributed by atoms with Crippen LogP contribution < -0.4 is 14.8 Å². The lowest BCUT2D eigenvalue weighted by molar-refractivity contribution is -0.137. The zero-order valence-electron chi connectivity index (χ0n) is 21.8. The maximum absolute atomic E-state index is 13.2. The Balaban J connectivity index is 1.63. The van der Waals surface area contributed by atoms with Crippen molar-refractivity contribution < 1.29 is 36.2 Å². The van der Waals surface area contributed by atoms with Gasteiger partial charge in [-0.3, -0.25) is 9.20 Å². The van der Waals surface area contributed by atoms with Gasteiger partial charge in [0.2, 0.25) is 0 Å². The SMILES string of the molecule is CC(C)(C)COc1c(/C=C/c2nc3sccn3c2C(=O)NCc2cccc(C(F)(F)F)c2)cccc1OC(F)F. The van der Waals surface area contributed by atoms with E-state index in [1.54, 1.807) is 34.2 Å². The molecule has 4 aromatic rings. The predicted molar refractivity (Wildman–Crippen MR) is 143 cm³/mol. The van der Waals surface area contributed by atoms with Crippen LogP contribution in [0.25, 0.3) is 17.1 Å². The van der Waals surface area contributed by atoms with Crippen LogP contribution in [0.1, 0.15) is 53.6 Å². The monoisotopic (exact) mass is 579 g/mol. The highest BCUT2D eigenvalue weighted by atomic mass is 32.1. The van der Waals surface area contributed by atoms with E-state index < -0.39 is 24.3 Å². The van der Waals surface area contributed by atoms with E-state index in [9.17, 15) is 26.7 Å². The van der Waals surface area contributed by atoms with Crippen LogP contribution >= 0.6 is 11.3 Å². The summed E-state index contributed by atoms with van der Waals surface area (Å²) in [5.74, 6) is -0.571. The highest BCUT2D eigenvalue weighted by Crippen LogP contribution is 2.35. The molecule has 212 valence electrons. The Morgan fingerprint density at radius 1 is 1.12 bits per heavy atom. The minimum atomic E-state index is -4.50. The molecule has 2 heterocycles. The number of nitrogens with zero attached hydrogens (tertiary/aromatic N) is 2. The maximum Gasteiger partial charge on any atom is 0.416 e. The second kappa shape index (κ2) is 11.7. The summed E-state index contributed by atoms with van der Waals surface area (Å²) in [5.41, 5.74) is 0.0664. The van der Waals surface area contributed by atoms with Crippen molar-refractivity contribution in [2.45, 2.75) is 40.1 Å². The summed E-state index contributed by atoms with van der Waals surface area (Å²) < 4.78 is 77.4. The Morgan fingerprint density at radius 2 is 1.88 bits per heavy atom. The molecule has 0 aliphatic heterocycles. The Hall–Kier alpha value is -3.93. The van der Waals surface area contributed by atoms with Crippen molar-refractivity contribution in [1.82, 2.24) is 14.7 Å². The first kappa shape index (κ1) is 29.1. The number of ether oxygens (including phenoxy) is 2. The van der Waals surface area contributed by atoms with Gasteiger partial charge in [-0.15, -0.1) is 11.3 Å². The van der Waals surface area contributed by atoms with Crippen LogP contribution in [0, 0.1) is 5.41 Å². The first-order valence-electron chi connectivity index (χ1n) is 12.1. The first-order valence-corrected chi connectivity index (χ1v) is 13.0. The fraction of sp³-hybridized carbons (Fsp3) is 0.286. The van der Waals surface area contributed by atoms with Gasteiger partial charge in [-0.1, -0.05) is 45.0 Å². The second-order valence-corrected chi connectivity index (χ2v) is 10.9. The minimum absolute atomic E-state index is 0.116. The van der Waals surface area contributed by atoms with E-state index in [1.165, 1.54) is 35.6 Å². The third-order valence-electron chi connectivity index (χ3n) is 5.51. The topological polar surface area (TPSA) is 64.9 Å². The fourth-order valence-corrected chi connectivity index (χ4v) is 4.45. The van der Waals surface area contributed by atoms with Crippen molar-refractivity contribution in [2.24, 2.45) is 5.41 Å². The third kappa shape index (κ3) is 7.17. The summed E-state index contributed by atoms with van der Waals surface area (Å²) in [7, 11) is 0. The van der Waals surface area contributed by atoms with Gasteiger partial charge in [0.05, 0.1) is 17.9 Å². The Labute approximate surface area is 231 Å². The molecular weight excluding hydrogens is 553 g/mol. The van der Waals surface area contributed by atoms with Crippen LogP contribution in [0.5, 0.6) is 11.5 Å². The zero-order chi connectivity index (χ0) is 29.1. The molecule has 0 spiro atoms. The lowest BCUT2D eigenvalue weighted by atomic mass is 9.98. The number of hydrogen-bond acceptors (Lipinski definition) is 5. The molecular formula is C28H26F5N3O3S. The number of nitrogens with one attached hydrogen (secondary N) is 1. The van der Waals surface area contributed by atoms with Crippen molar-refractivity contribution in [2.75, 3.05) is 6.61 Å². The molecule has 0 saturated heterocycles. The average Bonchev–Trinajstić information content (AvgIpc) is 3.45. The van der Waals surface area contributed by atoms with E-state index in [0.717, 1.165) is 12.1 Å². The van der Waals surface area contributed by atoms with Gasteiger partial charge < -0.3 is 14.8 Å². The van der Waals surface area contributed by atoms with Gasteiger partial charge in [0.25, 0.3) is 5.91 Å². The van der Waals surface area contributed by atoms with Crippen LogP contribution in [0.15, 0.2) is 54.0 Å². The van der Waals surface area contributed by atoms with Crippen molar-refractivity contribution >= 4 is 34.4 Å². The molecule has 4 rings (SSSR count). The molecule has 40 heavy (non-hydrogen) atoms. The smallest absolute Gasteiger partial charge is 0.416 e. The number of rotatable bonds is 9. The van der Waals surface area contributed by atoms with Crippen molar-refractivity contribution in [3.05, 3.63) is 82.1 Å². The third-order valence-corrected chi connectivity index (χ3v) is 6.26. The lowest BCUT2D eigenvalue weighted by Gasteiger charge is -2.21. The van der Waals surface area contributed by atoms with Crippen LogP contribution in [-0.2, 0) is 12.7 Å². The van der Waals surface area contributed by atoms with Crippen molar-refractivity contribution in [1.29, 1.82) is 0 Å². The van der Waals surface area contributed by atoms with Gasteiger partial charge in [0, 0.05) is 23.7 Å². The van der Waals surface area contributed by atoms with Gasteiger partial charge in [-0.05, 0) is 41.3 Å². The summed E-state index contributed by atoms with van der Waals surface area (Å²) in [6.45, 7) is 2.83. The molecule has 1 amide bonds. The minimum Gasteiger partial charge on any atom is -0.489 e. The van der Waals surface area contributed by atoms with E-state index in [-0.39, 0.29) is 47.0 Å². The zero-order valence-corrected chi connectivity index (χ0v) is 22.6. The summed E-state index contributed by atoms with van der Waals surface area (Å²) in [6.07, 6.45) is 0.272. The number of imidazole rings is 1. The van der Waals surface area contributed by atoms with Crippen LogP contribution in [0.2, 0.25) is 0 Å². The molecule has 6 nitrogen and oxygen atoms in total. The molecule has 0 aliphatic rings. The fourth-order valence-electron chi connectivity index (χ4n) is 3.73. The molecule has 0 aliphatic carbocycles. The molecule has 2 aromatic carbocycles. The average molecular weight is 580 g/mol. The van der Waals surface area contributed by atoms with E-state index >= 15 is 0 Å². The van der Waals surface area contributed by atoms with Crippen LogP contribution in [-0.4, -0.2) is 28.5 Å². The standard InChI is InChI=1S/C28H26F5N3O3S/c1-27(2,3)16-38-23-18(7-5-9-21(23)39-25(29)30)10-11-20-22(36-12-13-40-26(36)35-20)24(37)34-15-17-6-4-8-19(14-17)28(31,32)33/h4-14,25H,15-16H2,1-3H3,(H,34,37)/b11-10+. The quantitative estimate of drug-likeness (QED) is 0.208. The van der Waals surface area contributed by atoms with Gasteiger partial charge in [-0.2, -0.15) is 22.0 Å². The van der Waals surface area contributed by atoms with E-state index in [0.29, 0.717) is 10.5 Å². The molecule has 0 bridgehead atoms. The number of fused-ring (bicyclic) bond motifs is 1. The number of thiazole rings is 1. The molecule has 0 atom stereocenters. The number of carbonyl (C=O) groups excluding carboxylic acids is 1. The summed E-state index contributed by atoms with van der Waals surface area (Å²) >= 11 is 1.29. The highest BCUT2D eigenvalue weighted by Gasteiger charge is 2.30. The Kier molecular flexibility index (Phi) is 8.48. The number of carbonyl (C=O) groups is 1. The summed E-state index contributed by atoms with van der Waals surface area (Å²) in [6, 6.07) is 9.27. The van der Waals surface area contributed by atoms with E-state index in [1.807, 2.05) is 20.8 Å². The maximum atomic E-state index is 13.2. The number of alkyl halides is 5. The predicted octanol–water partition coefficient (Wildman–Crippen LogP) is 7.54. The largest absolute Gasteiger partial charge is 0.489 e. The highest BCUT2D eigenvalue weighted by molar-refractivity contribution is 7.15. The molecule has 0 radical (unpaired) electrons. The molecule has 2 aromatic heterocycles. The first-order chi connectivity index (χ1) is 18.8. The molecule has 0 fully saturated rings. The van der Waals surface area contributed by atoms with Gasteiger partial charge in [0.1, 0.15) is 5.69 Å². The number of aromatic nitrogens is 2.